The molecule has 1 atom stereocenters. The first-order chi connectivity index (χ1) is 9.20. The van der Waals surface area contributed by atoms with Crippen molar-refractivity contribution in [2.24, 2.45) is 0 Å². The monoisotopic (exact) mass is 264 g/mol. The molecule has 1 fully saturated rings. The molecule has 1 saturated heterocycles. The summed E-state index contributed by atoms with van der Waals surface area (Å²) >= 11 is 0. The Balaban J connectivity index is 1.94. The Morgan fingerprint density at radius 1 is 1.26 bits per heavy atom. The summed E-state index contributed by atoms with van der Waals surface area (Å²) in [5, 5.41) is 0. The van der Waals surface area contributed by atoms with Crippen molar-refractivity contribution in [3.63, 3.8) is 0 Å². The van der Waals surface area contributed by atoms with E-state index < -0.39 is 0 Å². The van der Waals surface area contributed by atoms with Gasteiger partial charge in [-0.3, -0.25) is 0 Å². The molecule has 1 aliphatic rings. The number of carbonyl (C=O) groups excluding carboxylic acids is 1. The lowest BCUT2D eigenvalue weighted by Gasteiger charge is -2.26. The summed E-state index contributed by atoms with van der Waals surface area (Å²) in [6.45, 7) is 3.58. The first-order valence-electron chi connectivity index (χ1n) is 6.62. The van der Waals surface area contributed by atoms with Crippen molar-refractivity contribution in [3.8, 4) is 0 Å². The van der Waals surface area contributed by atoms with Gasteiger partial charge < -0.3 is 14.2 Å². The van der Waals surface area contributed by atoms with Crippen LogP contribution in [0, 0.1) is 0 Å². The van der Waals surface area contributed by atoms with Crippen molar-refractivity contribution in [1.82, 2.24) is 0 Å². The van der Waals surface area contributed by atoms with Gasteiger partial charge in [-0.2, -0.15) is 0 Å². The zero-order valence-corrected chi connectivity index (χ0v) is 11.4. The molecule has 1 heterocycles. The van der Waals surface area contributed by atoms with E-state index in [1.807, 2.05) is 19.1 Å². The van der Waals surface area contributed by atoms with Crippen LogP contribution >= 0.6 is 0 Å². The first kappa shape index (κ1) is 14.0. The van der Waals surface area contributed by atoms with Crippen molar-refractivity contribution >= 4 is 5.97 Å². The van der Waals surface area contributed by atoms with Crippen molar-refractivity contribution < 1.29 is 19.0 Å². The average Bonchev–Trinajstić information content (AvgIpc) is 2.47. The van der Waals surface area contributed by atoms with Crippen LogP contribution < -0.4 is 0 Å². The van der Waals surface area contributed by atoms with Crippen LogP contribution in [0.15, 0.2) is 24.3 Å². The van der Waals surface area contributed by atoms with Gasteiger partial charge in [0.05, 0.1) is 24.9 Å². The normalized spacial score (nSPS) is 18.0. The van der Waals surface area contributed by atoms with Crippen LogP contribution in [0.5, 0.6) is 0 Å². The predicted octanol–water partition coefficient (Wildman–Crippen LogP) is 2.73. The standard InChI is InChI=1S/C15H20O4/c1-11(19-14-7-9-18-10-8-14)12-3-5-13(6-4-12)15(16)17-2/h3-6,11,14H,7-10H2,1-2H3. The van der Waals surface area contributed by atoms with Crippen LogP contribution in [-0.2, 0) is 14.2 Å². The maximum atomic E-state index is 11.3. The Kier molecular flexibility index (Phi) is 4.93. The summed E-state index contributed by atoms with van der Waals surface area (Å²) in [5.41, 5.74) is 1.63. The van der Waals surface area contributed by atoms with Crippen molar-refractivity contribution in [2.75, 3.05) is 20.3 Å². The number of carbonyl (C=O) groups is 1. The topological polar surface area (TPSA) is 44.8 Å². The van der Waals surface area contributed by atoms with E-state index >= 15 is 0 Å². The van der Waals surface area contributed by atoms with Gasteiger partial charge in [-0.25, -0.2) is 4.79 Å². The number of hydrogen-bond acceptors (Lipinski definition) is 4. The third-order valence-electron chi connectivity index (χ3n) is 3.37. The fourth-order valence-electron chi connectivity index (χ4n) is 2.19. The minimum Gasteiger partial charge on any atom is -0.465 e. The predicted molar refractivity (Wildman–Crippen MR) is 71.1 cm³/mol. The molecule has 104 valence electrons. The SMILES string of the molecule is COC(=O)c1ccc(C(C)OC2CCOCC2)cc1. The highest BCUT2D eigenvalue weighted by molar-refractivity contribution is 5.89. The fourth-order valence-corrected chi connectivity index (χ4v) is 2.19. The zero-order chi connectivity index (χ0) is 13.7. The molecule has 1 aromatic carbocycles. The molecule has 1 aliphatic heterocycles. The number of benzene rings is 1. The van der Waals surface area contributed by atoms with Crippen LogP contribution in [0.25, 0.3) is 0 Å². The van der Waals surface area contributed by atoms with Gasteiger partial charge >= 0.3 is 5.97 Å². The molecule has 0 spiro atoms. The molecule has 0 bridgehead atoms. The van der Waals surface area contributed by atoms with Crippen molar-refractivity contribution in [3.05, 3.63) is 35.4 Å². The number of ether oxygens (including phenoxy) is 3. The molecular formula is C15H20O4. The van der Waals surface area contributed by atoms with Crippen LogP contribution in [0.3, 0.4) is 0 Å². The lowest BCUT2D eigenvalue weighted by atomic mass is 10.1. The quantitative estimate of drug-likeness (QED) is 0.784. The maximum Gasteiger partial charge on any atom is 0.337 e. The van der Waals surface area contributed by atoms with E-state index in [0.717, 1.165) is 31.6 Å². The Morgan fingerprint density at radius 2 is 1.89 bits per heavy atom. The summed E-state index contributed by atoms with van der Waals surface area (Å²) in [5.74, 6) is -0.315. The summed E-state index contributed by atoms with van der Waals surface area (Å²) in [7, 11) is 1.38. The molecule has 19 heavy (non-hydrogen) atoms. The molecule has 1 aromatic rings. The van der Waals surface area contributed by atoms with Gasteiger partial charge in [-0.1, -0.05) is 12.1 Å². The van der Waals surface area contributed by atoms with Gasteiger partial charge in [-0.05, 0) is 37.5 Å². The second-order valence-corrected chi connectivity index (χ2v) is 4.70. The van der Waals surface area contributed by atoms with Crippen LogP contribution in [0.1, 0.15) is 41.8 Å². The van der Waals surface area contributed by atoms with E-state index in [1.165, 1.54) is 7.11 Å². The van der Waals surface area contributed by atoms with Crippen molar-refractivity contribution in [1.29, 1.82) is 0 Å². The Labute approximate surface area is 113 Å². The third-order valence-corrected chi connectivity index (χ3v) is 3.37. The highest BCUT2D eigenvalue weighted by Gasteiger charge is 2.18. The van der Waals surface area contributed by atoms with Crippen LogP contribution in [-0.4, -0.2) is 32.4 Å². The molecule has 0 amide bonds. The van der Waals surface area contributed by atoms with E-state index in [4.69, 9.17) is 9.47 Å². The molecule has 1 unspecified atom stereocenters. The average molecular weight is 264 g/mol. The molecule has 0 aromatic heterocycles. The van der Waals surface area contributed by atoms with Gasteiger partial charge in [0.2, 0.25) is 0 Å². The summed E-state index contributed by atoms with van der Waals surface area (Å²) < 4.78 is 16.0. The van der Waals surface area contributed by atoms with E-state index in [2.05, 4.69) is 4.74 Å². The number of esters is 1. The van der Waals surface area contributed by atoms with Crippen LogP contribution in [0.4, 0.5) is 0 Å². The molecule has 4 nitrogen and oxygen atoms in total. The van der Waals surface area contributed by atoms with Gasteiger partial charge in [-0.15, -0.1) is 0 Å². The highest BCUT2D eigenvalue weighted by Crippen LogP contribution is 2.23. The van der Waals surface area contributed by atoms with Crippen LogP contribution in [0.2, 0.25) is 0 Å². The highest BCUT2D eigenvalue weighted by atomic mass is 16.5. The van der Waals surface area contributed by atoms with E-state index in [9.17, 15) is 4.79 Å². The first-order valence-corrected chi connectivity index (χ1v) is 6.62. The lowest BCUT2D eigenvalue weighted by Crippen LogP contribution is -2.24. The molecule has 4 heteroatoms. The third kappa shape index (κ3) is 3.78. The minimum absolute atomic E-state index is 0.0230. The molecule has 2 rings (SSSR count). The number of methoxy groups -OCH3 is 1. The molecular weight excluding hydrogens is 244 g/mol. The summed E-state index contributed by atoms with van der Waals surface area (Å²) in [6.07, 6.45) is 2.19. The largest absolute Gasteiger partial charge is 0.465 e. The van der Waals surface area contributed by atoms with Gasteiger partial charge in [0, 0.05) is 13.2 Å². The Hall–Kier alpha value is -1.39. The Bertz CT molecular complexity index is 407. The lowest BCUT2D eigenvalue weighted by molar-refractivity contribution is -0.0636. The smallest absolute Gasteiger partial charge is 0.337 e. The maximum absolute atomic E-state index is 11.3. The second kappa shape index (κ2) is 6.68. The second-order valence-electron chi connectivity index (χ2n) is 4.70. The molecule has 0 radical (unpaired) electrons. The van der Waals surface area contributed by atoms with Gasteiger partial charge in [0.1, 0.15) is 0 Å². The summed E-state index contributed by atoms with van der Waals surface area (Å²) in [4.78, 5) is 11.3. The van der Waals surface area contributed by atoms with E-state index in [1.54, 1.807) is 12.1 Å². The molecule has 0 N–H and O–H groups in total. The van der Waals surface area contributed by atoms with Gasteiger partial charge in [0.15, 0.2) is 0 Å². The molecule has 0 aliphatic carbocycles. The number of hydrogen-bond donors (Lipinski definition) is 0. The van der Waals surface area contributed by atoms with Crippen molar-refractivity contribution in [2.45, 2.75) is 32.0 Å². The summed E-state index contributed by atoms with van der Waals surface area (Å²) in [6, 6.07) is 7.36. The van der Waals surface area contributed by atoms with E-state index in [-0.39, 0.29) is 18.2 Å². The van der Waals surface area contributed by atoms with E-state index in [0.29, 0.717) is 5.56 Å². The number of rotatable bonds is 4. The minimum atomic E-state index is -0.315. The van der Waals surface area contributed by atoms with Gasteiger partial charge in [0.25, 0.3) is 0 Å². The zero-order valence-electron chi connectivity index (χ0n) is 11.4. The molecule has 0 saturated carbocycles. The Morgan fingerprint density at radius 3 is 2.47 bits per heavy atom. The fraction of sp³-hybridized carbons (Fsp3) is 0.533.